The molecular weight excluding hydrogens is 640 g/mol. The molecule has 0 amide bonds. The van der Waals surface area contributed by atoms with E-state index >= 15 is 0 Å². The Kier molecular flexibility index (Phi) is 10.4. The number of thioether (sulfide) groups is 1. The van der Waals surface area contributed by atoms with Gasteiger partial charge in [0, 0.05) is 10.8 Å². The smallest absolute Gasteiger partial charge is 0.341 e. The molecule has 47 heavy (non-hydrogen) atoms. The average molecular weight is 675 g/mol. The lowest BCUT2D eigenvalue weighted by molar-refractivity contribution is -0.231. The summed E-state index contributed by atoms with van der Waals surface area (Å²) in [6, 6.07) is 16.9. The summed E-state index contributed by atoms with van der Waals surface area (Å²) in [5.74, 6) is 0. The van der Waals surface area contributed by atoms with Crippen molar-refractivity contribution in [3.05, 3.63) is 92.6 Å². The Morgan fingerprint density at radius 2 is 1.02 bits per heavy atom. The lowest BCUT2D eigenvalue weighted by atomic mass is 9.99. The van der Waals surface area contributed by atoms with Crippen LogP contribution in [0.5, 0.6) is 0 Å². The maximum Gasteiger partial charge on any atom is 0.341 e. The van der Waals surface area contributed by atoms with Crippen molar-refractivity contribution in [1.29, 1.82) is 0 Å². The molecule has 4 aromatic rings. The summed E-state index contributed by atoms with van der Waals surface area (Å²) in [5.41, 5.74) is -2.84. The van der Waals surface area contributed by atoms with E-state index in [-0.39, 0.29) is 24.3 Å². The van der Waals surface area contributed by atoms with Crippen molar-refractivity contribution in [1.82, 2.24) is 0 Å². The molecule has 0 spiro atoms. The summed E-state index contributed by atoms with van der Waals surface area (Å²) >= 11 is 0.751. The quantitative estimate of drug-likeness (QED) is 0.122. The first kappa shape index (κ1) is 33.7. The van der Waals surface area contributed by atoms with E-state index in [2.05, 4.69) is 0 Å². The molecule has 2 aromatic carbocycles. The van der Waals surface area contributed by atoms with Gasteiger partial charge in [-0.05, 0) is 24.3 Å². The minimum atomic E-state index is -1.57. The Bertz CT molecular complexity index is 1660. The fourth-order valence-electron chi connectivity index (χ4n) is 5.64. The van der Waals surface area contributed by atoms with Gasteiger partial charge in [-0.25, -0.2) is 9.59 Å². The first-order chi connectivity index (χ1) is 22.7. The Morgan fingerprint density at radius 3 is 1.43 bits per heavy atom. The zero-order valence-corrected chi connectivity index (χ0v) is 25.5. The van der Waals surface area contributed by atoms with Crippen LogP contribution < -0.4 is 11.3 Å². The third-order valence-electron chi connectivity index (χ3n) is 8.20. The molecule has 4 heterocycles. The predicted octanol–water partition coefficient (Wildman–Crippen LogP) is -0.0188. The molecule has 15 heteroatoms. The highest BCUT2D eigenvalue weighted by atomic mass is 32.2. The topological polar surface area (TPSA) is 219 Å². The molecule has 0 bridgehead atoms. The second kappa shape index (κ2) is 14.5. The van der Waals surface area contributed by atoms with Gasteiger partial charge >= 0.3 is 11.3 Å². The molecule has 252 valence electrons. The molecular formula is C32H34O14S. The third-order valence-corrected chi connectivity index (χ3v) is 9.52. The van der Waals surface area contributed by atoms with E-state index in [1.807, 2.05) is 0 Å². The van der Waals surface area contributed by atoms with E-state index < -0.39 is 84.2 Å². The van der Waals surface area contributed by atoms with Gasteiger partial charge in [-0.1, -0.05) is 48.2 Å². The Balaban J connectivity index is 1.17. The van der Waals surface area contributed by atoms with Crippen molar-refractivity contribution in [3.8, 4) is 0 Å². The lowest BCUT2D eigenvalue weighted by Gasteiger charge is -2.46. The van der Waals surface area contributed by atoms with Crippen LogP contribution in [0.1, 0.15) is 11.1 Å². The number of aliphatic hydroxyl groups excluding tert-OH is 6. The van der Waals surface area contributed by atoms with E-state index in [0.717, 1.165) is 11.8 Å². The highest BCUT2D eigenvalue weighted by molar-refractivity contribution is 8.00. The number of para-hydroxylation sites is 2. The van der Waals surface area contributed by atoms with Crippen molar-refractivity contribution < 1.29 is 58.4 Å². The van der Waals surface area contributed by atoms with Gasteiger partial charge in [-0.3, -0.25) is 0 Å². The van der Waals surface area contributed by atoms with Gasteiger partial charge in [0.05, 0.1) is 37.6 Å². The molecule has 2 fully saturated rings. The summed E-state index contributed by atoms with van der Waals surface area (Å²) in [7, 11) is 0. The summed E-state index contributed by atoms with van der Waals surface area (Å²) < 4.78 is 33.7. The van der Waals surface area contributed by atoms with Crippen LogP contribution in [-0.4, -0.2) is 104 Å². The van der Waals surface area contributed by atoms with Crippen LogP contribution in [0.15, 0.2) is 79.1 Å². The fourth-order valence-corrected chi connectivity index (χ4v) is 6.95. The van der Waals surface area contributed by atoms with Crippen LogP contribution in [0.3, 0.4) is 0 Å². The maximum absolute atomic E-state index is 12.5. The number of fused-ring (bicyclic) bond motifs is 2. The van der Waals surface area contributed by atoms with Crippen LogP contribution in [0.4, 0.5) is 0 Å². The molecule has 4 unspecified atom stereocenters. The predicted molar refractivity (Wildman–Crippen MR) is 165 cm³/mol. The number of aliphatic hydroxyl groups is 6. The summed E-state index contributed by atoms with van der Waals surface area (Å²) in [4.78, 5) is 25.1. The molecule has 2 saturated heterocycles. The molecule has 2 aliphatic rings. The van der Waals surface area contributed by atoms with Crippen molar-refractivity contribution in [2.24, 2.45) is 0 Å². The van der Waals surface area contributed by atoms with Gasteiger partial charge in [0.15, 0.2) is 0 Å². The molecule has 2 aromatic heterocycles. The zero-order valence-electron chi connectivity index (χ0n) is 24.7. The largest absolute Gasteiger partial charge is 0.422 e. The van der Waals surface area contributed by atoms with Gasteiger partial charge < -0.3 is 58.4 Å². The summed E-state index contributed by atoms with van der Waals surface area (Å²) in [5, 5.41) is 65.3. The minimum absolute atomic E-state index is 0.130. The first-order valence-corrected chi connectivity index (χ1v) is 15.8. The van der Waals surface area contributed by atoms with E-state index in [9.17, 15) is 40.2 Å². The number of rotatable bonds is 10. The van der Waals surface area contributed by atoms with Crippen LogP contribution >= 0.6 is 11.8 Å². The van der Waals surface area contributed by atoms with E-state index in [1.54, 1.807) is 60.7 Å². The van der Waals surface area contributed by atoms with Gasteiger partial charge in [-0.15, -0.1) is 0 Å². The number of ether oxygens (including phenoxy) is 4. The molecule has 14 nitrogen and oxygen atoms in total. The average Bonchev–Trinajstić information content (AvgIpc) is 3.07. The minimum Gasteiger partial charge on any atom is -0.422 e. The van der Waals surface area contributed by atoms with E-state index in [1.165, 1.54) is 0 Å². The third kappa shape index (κ3) is 7.02. The zero-order chi connectivity index (χ0) is 33.2. The van der Waals surface area contributed by atoms with Crippen LogP contribution in [0.2, 0.25) is 0 Å². The Morgan fingerprint density at radius 1 is 0.617 bits per heavy atom. The monoisotopic (exact) mass is 674 g/mol. The van der Waals surface area contributed by atoms with Crippen molar-refractivity contribution in [3.63, 3.8) is 0 Å². The molecule has 6 rings (SSSR count). The van der Waals surface area contributed by atoms with Crippen LogP contribution in [0, 0.1) is 0 Å². The van der Waals surface area contributed by atoms with E-state index in [0.29, 0.717) is 21.9 Å². The first-order valence-electron chi connectivity index (χ1n) is 14.9. The van der Waals surface area contributed by atoms with E-state index in [4.69, 9.17) is 27.8 Å². The molecule has 0 radical (unpaired) electrons. The lowest BCUT2D eigenvalue weighted by Crippen LogP contribution is -2.61. The van der Waals surface area contributed by atoms with Crippen LogP contribution in [0.25, 0.3) is 21.9 Å². The molecule has 10 atom stereocenters. The van der Waals surface area contributed by atoms with Crippen molar-refractivity contribution in [2.45, 2.75) is 72.9 Å². The van der Waals surface area contributed by atoms with Gasteiger partial charge in [-0.2, -0.15) is 0 Å². The number of hydrogen-bond acceptors (Lipinski definition) is 15. The molecule has 2 aliphatic heterocycles. The number of benzene rings is 2. The van der Waals surface area contributed by atoms with Crippen molar-refractivity contribution in [2.75, 3.05) is 13.2 Å². The van der Waals surface area contributed by atoms with Gasteiger partial charge in [0.1, 0.15) is 70.9 Å². The molecule has 0 aliphatic carbocycles. The Hall–Kier alpha value is -3.19. The maximum atomic E-state index is 12.5. The Labute approximate surface area is 270 Å². The standard InChI is InChI=1S/C32H34O14S/c33-11-21-23(35)27(41-13-17-9-15-5-1-3-7-19(15)43-29(17)39)25(37)31(45-21)47-32-26(38)28(24(36)22(12-34)46-32)42-14-18-10-16-6-2-4-8-20(16)44-30(18)40/h1-10,21-28,31-38H,11-14H2/t21?,22?,23-,24-,25+,26?,27?,28-,31-,32-/m0/s1. The van der Waals surface area contributed by atoms with Gasteiger partial charge in [0.2, 0.25) is 0 Å². The highest BCUT2D eigenvalue weighted by Gasteiger charge is 2.51. The van der Waals surface area contributed by atoms with Crippen molar-refractivity contribution >= 4 is 33.7 Å². The second-order valence-corrected chi connectivity index (χ2v) is 12.5. The normalized spacial score (nSPS) is 31.4. The highest BCUT2D eigenvalue weighted by Crippen LogP contribution is 2.38. The fraction of sp³-hybridized carbons (Fsp3) is 0.438. The number of hydrogen-bond donors (Lipinski definition) is 6. The molecule has 0 saturated carbocycles. The summed E-state index contributed by atoms with van der Waals surface area (Å²) in [6.07, 6.45) is -11.3. The van der Waals surface area contributed by atoms with Crippen LogP contribution in [-0.2, 0) is 32.2 Å². The summed E-state index contributed by atoms with van der Waals surface area (Å²) in [6.45, 7) is -2.01. The van der Waals surface area contributed by atoms with Gasteiger partial charge in [0.25, 0.3) is 0 Å². The molecule has 6 N–H and O–H groups in total. The SMILES string of the molecule is O=c1oc2ccccc2cc1COC1[C@@H](O)C(CO)O[C@@H](S[C@@H]2OC(CO)[C@H](O)[C@H](OCc3cc4ccccc4oc3=O)C2O)[C@@H]1O. The second-order valence-electron chi connectivity index (χ2n) is 11.3.